The first kappa shape index (κ1) is 20.1. The number of rotatable bonds is 5. The third kappa shape index (κ3) is 4.39. The first-order chi connectivity index (χ1) is 14.0. The van der Waals surface area contributed by atoms with E-state index in [1.807, 2.05) is 0 Å². The van der Waals surface area contributed by atoms with E-state index in [1.54, 1.807) is 18.2 Å². The number of hydrogen-bond acceptors (Lipinski definition) is 6. The normalized spacial score (nSPS) is 17.7. The third-order valence-corrected chi connectivity index (χ3v) is 8.13. The summed E-state index contributed by atoms with van der Waals surface area (Å²) in [6.07, 6.45) is 4.83. The van der Waals surface area contributed by atoms with Gasteiger partial charge in [0.25, 0.3) is 0 Å². The summed E-state index contributed by atoms with van der Waals surface area (Å²) in [6, 6.07) is 6.46. The van der Waals surface area contributed by atoms with Crippen molar-refractivity contribution in [1.29, 1.82) is 0 Å². The second-order valence-electron chi connectivity index (χ2n) is 7.24. The smallest absolute Gasteiger partial charge is 0.321 e. The lowest BCUT2D eigenvalue weighted by Gasteiger charge is -2.25. The molecule has 10 heteroatoms. The minimum Gasteiger partial charge on any atom is -0.497 e. The number of anilines is 1. The molecule has 1 aromatic carbocycles. The van der Waals surface area contributed by atoms with Gasteiger partial charge in [0.2, 0.25) is 10.0 Å². The molecule has 0 spiro atoms. The number of fused-ring (bicyclic) bond motifs is 1. The average Bonchev–Trinajstić information content (AvgIpc) is 3.36. The Balaban J connectivity index is 1.45. The van der Waals surface area contributed by atoms with Crippen molar-refractivity contribution in [2.24, 2.45) is 0 Å². The predicted octanol–water partition coefficient (Wildman–Crippen LogP) is 2.96. The first-order valence-electron chi connectivity index (χ1n) is 9.66. The Bertz CT molecular complexity index is 999. The lowest BCUT2D eigenvalue weighted by atomic mass is 10.2. The van der Waals surface area contributed by atoms with Crippen LogP contribution in [0.3, 0.4) is 0 Å². The number of urea groups is 1. The van der Waals surface area contributed by atoms with Crippen LogP contribution >= 0.6 is 11.3 Å². The van der Waals surface area contributed by atoms with Crippen molar-refractivity contribution >= 4 is 32.5 Å². The number of methoxy groups -OCH3 is 1. The summed E-state index contributed by atoms with van der Waals surface area (Å²) in [5.74, 6) is 0.501. The largest absolute Gasteiger partial charge is 0.497 e. The van der Waals surface area contributed by atoms with Gasteiger partial charge in [0, 0.05) is 30.0 Å². The lowest BCUT2D eigenvalue weighted by molar-refractivity contribution is 0.248. The van der Waals surface area contributed by atoms with Crippen LogP contribution in [0.1, 0.15) is 36.3 Å². The van der Waals surface area contributed by atoms with Crippen molar-refractivity contribution < 1.29 is 17.9 Å². The van der Waals surface area contributed by atoms with Gasteiger partial charge < -0.3 is 10.1 Å². The fraction of sp³-hybridized carbons (Fsp3) is 0.474. The van der Waals surface area contributed by atoms with E-state index in [0.29, 0.717) is 23.8 Å². The van der Waals surface area contributed by atoms with E-state index < -0.39 is 10.0 Å². The zero-order chi connectivity index (χ0) is 20.4. The highest BCUT2D eigenvalue weighted by atomic mass is 32.2. The molecule has 8 nitrogen and oxygen atoms in total. The van der Waals surface area contributed by atoms with Gasteiger partial charge in [-0.1, -0.05) is 30.2 Å². The molecule has 1 saturated carbocycles. The number of carbonyl (C=O) groups excluding carboxylic acids is 1. The van der Waals surface area contributed by atoms with Gasteiger partial charge in [-0.3, -0.25) is 5.32 Å². The van der Waals surface area contributed by atoms with Crippen LogP contribution in [0, 0.1) is 0 Å². The third-order valence-electron chi connectivity index (χ3n) is 5.29. The fourth-order valence-corrected chi connectivity index (χ4v) is 6.28. The van der Waals surface area contributed by atoms with Crippen LogP contribution in [-0.2, 0) is 23.0 Å². The van der Waals surface area contributed by atoms with Gasteiger partial charge in [-0.05, 0) is 25.0 Å². The molecule has 2 aromatic rings. The fourth-order valence-electron chi connectivity index (χ4n) is 3.73. The quantitative estimate of drug-likeness (QED) is 0.751. The number of aromatic nitrogens is 1. The van der Waals surface area contributed by atoms with Crippen molar-refractivity contribution in [1.82, 2.24) is 14.6 Å². The number of nitrogens with zero attached hydrogens (tertiary/aromatic N) is 2. The average molecular weight is 437 g/mol. The number of nitrogens with one attached hydrogen (secondary N) is 2. The molecule has 156 valence electrons. The number of hydrogen-bond donors (Lipinski definition) is 2. The second-order valence-corrected chi connectivity index (χ2v) is 10.3. The zero-order valence-electron chi connectivity index (χ0n) is 16.2. The molecule has 2 N–H and O–H groups in total. The molecule has 0 atom stereocenters. The van der Waals surface area contributed by atoms with Crippen LogP contribution in [0.2, 0.25) is 0 Å². The molecule has 0 saturated heterocycles. The maximum atomic E-state index is 13.0. The number of thiazole rings is 1. The highest BCUT2D eigenvalue weighted by Gasteiger charge is 2.31. The number of carbonyl (C=O) groups is 1. The minimum absolute atomic E-state index is 0.208. The molecule has 0 unspecified atom stereocenters. The molecule has 1 aromatic heterocycles. The second kappa shape index (κ2) is 8.29. The number of amides is 2. The number of benzene rings is 1. The topological polar surface area (TPSA) is 101 Å². The van der Waals surface area contributed by atoms with E-state index >= 15 is 0 Å². The van der Waals surface area contributed by atoms with Gasteiger partial charge in [0.15, 0.2) is 5.13 Å². The van der Waals surface area contributed by atoms with E-state index in [2.05, 4.69) is 15.6 Å². The van der Waals surface area contributed by atoms with Crippen LogP contribution in [0.25, 0.3) is 0 Å². The summed E-state index contributed by atoms with van der Waals surface area (Å²) < 4.78 is 32.6. The Morgan fingerprint density at radius 3 is 2.86 bits per heavy atom. The van der Waals surface area contributed by atoms with Gasteiger partial charge in [-0.25, -0.2) is 18.2 Å². The first-order valence-corrected chi connectivity index (χ1v) is 11.9. The van der Waals surface area contributed by atoms with Crippen LogP contribution < -0.4 is 15.4 Å². The minimum atomic E-state index is -3.63. The number of ether oxygens (including phenoxy) is 1. The lowest BCUT2D eigenvalue weighted by Crippen LogP contribution is -2.36. The summed E-state index contributed by atoms with van der Waals surface area (Å²) in [5.41, 5.74) is 0.850. The molecule has 0 bridgehead atoms. The van der Waals surface area contributed by atoms with Crippen molar-refractivity contribution in [3.8, 4) is 5.75 Å². The van der Waals surface area contributed by atoms with Crippen molar-refractivity contribution in [3.05, 3.63) is 34.8 Å². The van der Waals surface area contributed by atoms with E-state index in [-0.39, 0.29) is 23.5 Å². The van der Waals surface area contributed by atoms with Gasteiger partial charge >= 0.3 is 6.03 Å². The van der Waals surface area contributed by atoms with Crippen LogP contribution in [-0.4, -0.2) is 43.4 Å². The molecule has 0 radical (unpaired) electrons. The monoisotopic (exact) mass is 436 g/mol. The maximum absolute atomic E-state index is 13.0. The van der Waals surface area contributed by atoms with Crippen molar-refractivity contribution in [2.75, 3.05) is 19.0 Å². The van der Waals surface area contributed by atoms with Crippen LogP contribution in [0.15, 0.2) is 29.2 Å². The zero-order valence-corrected chi connectivity index (χ0v) is 17.8. The molecule has 1 fully saturated rings. The van der Waals surface area contributed by atoms with E-state index in [4.69, 9.17) is 4.74 Å². The summed E-state index contributed by atoms with van der Waals surface area (Å²) in [4.78, 5) is 17.7. The Hall–Kier alpha value is -2.17. The van der Waals surface area contributed by atoms with Crippen molar-refractivity contribution in [3.63, 3.8) is 0 Å². The SMILES string of the molecule is COc1cccc(S(=O)(=O)N2CCc3nc(NC(=O)NC4CCCC4)sc3C2)c1. The Kier molecular flexibility index (Phi) is 5.75. The molecule has 1 aliphatic heterocycles. The summed E-state index contributed by atoms with van der Waals surface area (Å²) in [6.45, 7) is 0.600. The predicted molar refractivity (Wildman–Crippen MR) is 111 cm³/mol. The summed E-state index contributed by atoms with van der Waals surface area (Å²) in [7, 11) is -2.13. The summed E-state index contributed by atoms with van der Waals surface area (Å²) in [5, 5.41) is 6.28. The van der Waals surface area contributed by atoms with Crippen LogP contribution in [0.5, 0.6) is 5.75 Å². The number of sulfonamides is 1. The Labute approximate surface area is 174 Å². The van der Waals surface area contributed by atoms with E-state index in [9.17, 15) is 13.2 Å². The van der Waals surface area contributed by atoms with Crippen molar-refractivity contribution in [2.45, 2.75) is 49.6 Å². The van der Waals surface area contributed by atoms with Gasteiger partial charge in [-0.15, -0.1) is 0 Å². The molecule has 2 heterocycles. The molecule has 2 amide bonds. The molecular formula is C19H24N4O4S2. The highest BCUT2D eigenvalue weighted by molar-refractivity contribution is 7.89. The highest BCUT2D eigenvalue weighted by Crippen LogP contribution is 2.31. The Morgan fingerprint density at radius 1 is 1.31 bits per heavy atom. The maximum Gasteiger partial charge on any atom is 0.321 e. The van der Waals surface area contributed by atoms with Gasteiger partial charge in [0.05, 0.1) is 24.2 Å². The van der Waals surface area contributed by atoms with E-state index in [1.165, 1.54) is 28.8 Å². The Morgan fingerprint density at radius 2 is 2.10 bits per heavy atom. The van der Waals surface area contributed by atoms with E-state index in [0.717, 1.165) is 36.3 Å². The molecule has 1 aliphatic carbocycles. The standard InChI is InChI=1S/C19H24N4O4S2/c1-27-14-7-4-8-15(11-14)29(25,26)23-10-9-16-17(12-23)28-19(21-16)22-18(24)20-13-5-2-3-6-13/h4,7-8,11,13H,2-3,5-6,9-10,12H2,1H3,(H2,20,21,22,24). The molecule has 4 rings (SSSR count). The molecule has 29 heavy (non-hydrogen) atoms. The van der Waals surface area contributed by atoms with Crippen LogP contribution in [0.4, 0.5) is 9.93 Å². The summed E-state index contributed by atoms with van der Waals surface area (Å²) >= 11 is 1.33. The molecular weight excluding hydrogens is 412 g/mol. The van der Waals surface area contributed by atoms with Gasteiger partial charge in [-0.2, -0.15) is 4.31 Å². The molecule has 2 aliphatic rings. The van der Waals surface area contributed by atoms with Gasteiger partial charge in [0.1, 0.15) is 5.75 Å².